The lowest BCUT2D eigenvalue weighted by atomic mass is 9.68. The highest BCUT2D eigenvalue weighted by Gasteiger charge is 2.46. The fourth-order valence-corrected chi connectivity index (χ4v) is 3.69. The number of carbonyl (C=O) groups excluding carboxylic acids is 2. The molecule has 3 rings (SSSR count). The van der Waals surface area contributed by atoms with E-state index in [4.69, 9.17) is 9.47 Å². The van der Waals surface area contributed by atoms with Crippen LogP contribution >= 0.6 is 0 Å². The van der Waals surface area contributed by atoms with Crippen LogP contribution in [0.15, 0.2) is 24.3 Å². The van der Waals surface area contributed by atoms with Crippen LogP contribution in [0.5, 0.6) is 5.75 Å². The molecule has 6 nitrogen and oxygen atoms in total. The molecular formula is C19H26N2O4. The summed E-state index contributed by atoms with van der Waals surface area (Å²) in [6.45, 7) is 2.78. The first-order chi connectivity index (χ1) is 12.1. The average molecular weight is 346 g/mol. The van der Waals surface area contributed by atoms with E-state index in [2.05, 4.69) is 0 Å². The van der Waals surface area contributed by atoms with E-state index >= 15 is 0 Å². The van der Waals surface area contributed by atoms with Gasteiger partial charge in [-0.3, -0.25) is 9.59 Å². The van der Waals surface area contributed by atoms with Crippen molar-refractivity contribution in [2.24, 2.45) is 5.41 Å². The zero-order valence-corrected chi connectivity index (χ0v) is 15.0. The van der Waals surface area contributed by atoms with Crippen molar-refractivity contribution in [1.29, 1.82) is 0 Å². The summed E-state index contributed by atoms with van der Waals surface area (Å²) in [4.78, 5) is 29.2. The Bertz CT molecular complexity index is 634. The summed E-state index contributed by atoms with van der Waals surface area (Å²) in [7, 11) is 3.24. The quantitative estimate of drug-likeness (QED) is 0.816. The van der Waals surface area contributed by atoms with Gasteiger partial charge in [0.05, 0.1) is 19.1 Å². The van der Waals surface area contributed by atoms with Gasteiger partial charge in [-0.2, -0.15) is 0 Å². The number of amides is 2. The molecule has 2 fully saturated rings. The smallest absolute Gasteiger partial charge is 0.254 e. The Morgan fingerprint density at radius 2 is 1.76 bits per heavy atom. The van der Waals surface area contributed by atoms with E-state index in [-0.39, 0.29) is 17.2 Å². The topological polar surface area (TPSA) is 59.1 Å². The standard InChI is InChI=1S/C19H26N2O4/c1-24-14-19(7-4-8-19)18(23)21-11-9-20(10-12-21)17(22)15-5-3-6-16(13-15)25-2/h3,5-6,13H,4,7-12,14H2,1-2H3. The molecule has 136 valence electrons. The summed E-state index contributed by atoms with van der Waals surface area (Å²) >= 11 is 0. The monoisotopic (exact) mass is 346 g/mol. The van der Waals surface area contributed by atoms with Crippen molar-refractivity contribution in [3.05, 3.63) is 29.8 Å². The maximum atomic E-state index is 12.8. The van der Waals surface area contributed by atoms with Gasteiger partial charge in [-0.1, -0.05) is 12.5 Å². The van der Waals surface area contributed by atoms with Gasteiger partial charge < -0.3 is 19.3 Å². The summed E-state index contributed by atoms with van der Waals surface area (Å²) < 4.78 is 10.5. The van der Waals surface area contributed by atoms with Crippen LogP contribution in [-0.4, -0.2) is 68.6 Å². The lowest BCUT2D eigenvalue weighted by Crippen LogP contribution is -2.57. The summed E-state index contributed by atoms with van der Waals surface area (Å²) in [6.07, 6.45) is 2.90. The SMILES string of the molecule is COCC1(C(=O)N2CCN(C(=O)c3cccc(OC)c3)CC2)CCC1. The molecule has 1 aromatic carbocycles. The van der Waals surface area contributed by atoms with Crippen molar-refractivity contribution >= 4 is 11.8 Å². The van der Waals surface area contributed by atoms with Crippen LogP contribution < -0.4 is 4.74 Å². The molecule has 1 aromatic rings. The van der Waals surface area contributed by atoms with Gasteiger partial charge in [-0.25, -0.2) is 0 Å². The molecule has 1 aliphatic heterocycles. The van der Waals surface area contributed by atoms with Gasteiger partial charge in [0.2, 0.25) is 5.91 Å². The van der Waals surface area contributed by atoms with Crippen LogP contribution in [0.3, 0.4) is 0 Å². The number of ether oxygens (including phenoxy) is 2. The first-order valence-corrected chi connectivity index (χ1v) is 8.81. The van der Waals surface area contributed by atoms with Gasteiger partial charge >= 0.3 is 0 Å². The van der Waals surface area contributed by atoms with Crippen LogP contribution in [0, 0.1) is 5.41 Å². The number of carbonyl (C=O) groups is 2. The highest BCUT2D eigenvalue weighted by atomic mass is 16.5. The molecule has 0 radical (unpaired) electrons. The van der Waals surface area contributed by atoms with Crippen LogP contribution in [-0.2, 0) is 9.53 Å². The fraction of sp³-hybridized carbons (Fsp3) is 0.579. The molecular weight excluding hydrogens is 320 g/mol. The number of rotatable bonds is 5. The number of nitrogens with zero attached hydrogens (tertiary/aromatic N) is 2. The van der Waals surface area contributed by atoms with Gasteiger partial charge in [0.25, 0.3) is 5.91 Å². The van der Waals surface area contributed by atoms with Crippen LogP contribution in [0.1, 0.15) is 29.6 Å². The van der Waals surface area contributed by atoms with Crippen molar-refractivity contribution in [2.75, 3.05) is 47.0 Å². The molecule has 1 saturated heterocycles. The number of hydrogen-bond donors (Lipinski definition) is 0. The molecule has 1 saturated carbocycles. The van der Waals surface area contributed by atoms with Crippen LogP contribution in [0.2, 0.25) is 0 Å². The molecule has 0 bridgehead atoms. The number of benzene rings is 1. The maximum absolute atomic E-state index is 12.8. The van der Waals surface area contributed by atoms with Crippen molar-refractivity contribution in [3.8, 4) is 5.75 Å². The minimum atomic E-state index is -0.326. The number of piperazine rings is 1. The average Bonchev–Trinajstić information content (AvgIpc) is 2.63. The summed E-state index contributed by atoms with van der Waals surface area (Å²) in [5.74, 6) is 0.849. The minimum Gasteiger partial charge on any atom is -0.497 e. The van der Waals surface area contributed by atoms with E-state index in [0.717, 1.165) is 19.3 Å². The van der Waals surface area contributed by atoms with Gasteiger partial charge in [0.1, 0.15) is 5.75 Å². The van der Waals surface area contributed by atoms with Gasteiger partial charge in [0, 0.05) is 38.9 Å². The third-order valence-electron chi connectivity index (χ3n) is 5.36. The predicted molar refractivity (Wildman–Crippen MR) is 93.6 cm³/mol. The molecule has 6 heteroatoms. The molecule has 2 amide bonds. The number of hydrogen-bond acceptors (Lipinski definition) is 4. The Labute approximate surface area is 148 Å². The van der Waals surface area contributed by atoms with Crippen molar-refractivity contribution in [3.63, 3.8) is 0 Å². The largest absolute Gasteiger partial charge is 0.497 e. The van der Waals surface area contributed by atoms with Gasteiger partial charge in [-0.15, -0.1) is 0 Å². The Hall–Kier alpha value is -2.08. The normalized spacial score (nSPS) is 19.3. The van der Waals surface area contributed by atoms with Crippen molar-refractivity contribution in [2.45, 2.75) is 19.3 Å². The van der Waals surface area contributed by atoms with Crippen molar-refractivity contribution < 1.29 is 19.1 Å². The summed E-state index contributed by atoms with van der Waals surface area (Å²) in [5.41, 5.74) is 0.294. The third-order valence-corrected chi connectivity index (χ3v) is 5.36. The van der Waals surface area contributed by atoms with E-state index in [9.17, 15) is 9.59 Å². The Balaban J connectivity index is 1.59. The summed E-state index contributed by atoms with van der Waals surface area (Å²) in [6, 6.07) is 7.18. The van der Waals surface area contributed by atoms with E-state index in [1.54, 1.807) is 26.4 Å². The molecule has 1 heterocycles. The second-order valence-corrected chi connectivity index (χ2v) is 6.88. The highest BCUT2D eigenvalue weighted by Crippen LogP contribution is 2.42. The van der Waals surface area contributed by atoms with E-state index in [1.807, 2.05) is 21.9 Å². The van der Waals surface area contributed by atoms with Crippen molar-refractivity contribution in [1.82, 2.24) is 9.80 Å². The third kappa shape index (κ3) is 3.49. The number of methoxy groups -OCH3 is 2. The maximum Gasteiger partial charge on any atom is 0.254 e. The van der Waals surface area contributed by atoms with Crippen LogP contribution in [0.4, 0.5) is 0 Å². The predicted octanol–water partition coefficient (Wildman–Crippen LogP) is 1.80. The summed E-state index contributed by atoms with van der Waals surface area (Å²) in [5, 5.41) is 0. The molecule has 0 atom stereocenters. The molecule has 1 aliphatic carbocycles. The lowest BCUT2D eigenvalue weighted by molar-refractivity contribution is -0.153. The zero-order valence-electron chi connectivity index (χ0n) is 15.0. The molecule has 0 unspecified atom stereocenters. The first-order valence-electron chi connectivity index (χ1n) is 8.81. The van der Waals surface area contributed by atoms with Gasteiger partial charge in [-0.05, 0) is 31.0 Å². The minimum absolute atomic E-state index is 0.0127. The lowest BCUT2D eigenvalue weighted by Gasteiger charge is -2.45. The highest BCUT2D eigenvalue weighted by molar-refractivity contribution is 5.95. The van der Waals surface area contributed by atoms with E-state index in [1.165, 1.54) is 0 Å². The molecule has 25 heavy (non-hydrogen) atoms. The molecule has 0 aromatic heterocycles. The molecule has 0 spiro atoms. The fourth-order valence-electron chi connectivity index (χ4n) is 3.69. The van der Waals surface area contributed by atoms with E-state index < -0.39 is 0 Å². The Morgan fingerprint density at radius 1 is 1.08 bits per heavy atom. The Kier molecular flexibility index (Phi) is 5.27. The second-order valence-electron chi connectivity index (χ2n) is 6.88. The molecule has 0 N–H and O–H groups in total. The zero-order chi connectivity index (χ0) is 17.9. The first kappa shape index (κ1) is 17.7. The van der Waals surface area contributed by atoms with E-state index in [0.29, 0.717) is 44.1 Å². The second kappa shape index (κ2) is 7.44. The van der Waals surface area contributed by atoms with Crippen LogP contribution in [0.25, 0.3) is 0 Å². The Morgan fingerprint density at radius 3 is 2.32 bits per heavy atom. The molecule has 2 aliphatic rings. The van der Waals surface area contributed by atoms with Gasteiger partial charge in [0.15, 0.2) is 0 Å².